The van der Waals surface area contributed by atoms with Gasteiger partial charge in [0.15, 0.2) is 8.53 Å². The maximum absolute atomic E-state index is 14.1. The topological polar surface area (TPSA) is 36.9 Å². The maximum atomic E-state index is 14.1. The third-order valence-corrected chi connectivity index (χ3v) is 11.3. The molecule has 4 nitrogen and oxygen atoms in total. The molecule has 0 aromatic heterocycles. The lowest BCUT2D eigenvalue weighted by molar-refractivity contribution is -0.398. The Morgan fingerprint density at radius 2 is 0.800 bits per heavy atom. The number of hydrogen-bond donors (Lipinski definition) is 0. The van der Waals surface area contributed by atoms with Crippen molar-refractivity contribution in [3.05, 3.63) is 0 Å². The molecule has 0 radical (unpaired) electrons. The van der Waals surface area contributed by atoms with Crippen LogP contribution in [0.15, 0.2) is 0 Å². The molecule has 0 aliphatic carbocycles. The average molecular weight is 795 g/mol. The number of hydrogen-bond acceptors (Lipinski definition) is 9. The van der Waals surface area contributed by atoms with Gasteiger partial charge < -0.3 is 9.47 Å². The third-order valence-electron chi connectivity index (χ3n) is 4.62. The van der Waals surface area contributed by atoms with Crippen LogP contribution < -0.4 is 0 Å². The molecule has 0 bridgehead atoms. The molecule has 25 heteroatoms. The molecule has 0 aliphatic heterocycles. The highest BCUT2D eigenvalue weighted by atomic mass is 32.2. The van der Waals surface area contributed by atoms with Crippen LogP contribution >= 0.6 is 58.8 Å². The van der Waals surface area contributed by atoms with E-state index in [1.807, 2.05) is 0 Å². The van der Waals surface area contributed by atoms with Crippen LogP contribution in [0.3, 0.4) is 0 Å². The van der Waals surface area contributed by atoms with Gasteiger partial charge in [-0.15, -0.1) is 47.0 Å². The first-order valence-corrected chi connectivity index (χ1v) is 17.1. The smallest absolute Gasteiger partial charge is 0.345 e. The summed E-state index contributed by atoms with van der Waals surface area (Å²) in [6.45, 7) is -1.62. The molecule has 0 aliphatic rings. The van der Waals surface area contributed by atoms with E-state index in [2.05, 4.69) is 9.47 Å². The van der Waals surface area contributed by atoms with E-state index in [1.165, 1.54) is 13.8 Å². The van der Waals surface area contributed by atoms with Gasteiger partial charge in [0.1, 0.15) is 24.1 Å². The van der Waals surface area contributed by atoms with Crippen molar-refractivity contribution in [3.63, 3.8) is 0 Å². The van der Waals surface area contributed by atoms with Gasteiger partial charge in [0.05, 0.1) is 0 Å². The Morgan fingerprint density at radius 1 is 0.511 bits per heavy atom. The van der Waals surface area contributed by atoms with Gasteiger partial charge >= 0.3 is 36.9 Å². The molecule has 272 valence electrons. The van der Waals surface area contributed by atoms with Crippen LogP contribution in [0.2, 0.25) is 0 Å². The van der Waals surface area contributed by atoms with Crippen LogP contribution in [0.1, 0.15) is 26.7 Å². The summed E-state index contributed by atoms with van der Waals surface area (Å²) in [5, 5.41) is 0. The molecule has 45 heavy (non-hydrogen) atoms. The molecule has 4 atom stereocenters. The minimum atomic E-state index is -6.53. The first kappa shape index (κ1) is 45.5. The van der Waals surface area contributed by atoms with Crippen LogP contribution in [-0.4, -0.2) is 93.6 Å². The predicted octanol–water partition coefficient (Wildman–Crippen LogP) is 10.2. The lowest BCUT2D eigenvalue weighted by Crippen LogP contribution is -2.46. The number of alkyl halides is 16. The number of halogens is 16. The van der Waals surface area contributed by atoms with E-state index < -0.39 is 94.1 Å². The van der Waals surface area contributed by atoms with Gasteiger partial charge in [-0.25, -0.2) is 0 Å². The normalized spacial score (nSPS) is 18.4. The quantitative estimate of drug-likeness (QED) is 0.0885. The monoisotopic (exact) mass is 794 g/mol. The van der Waals surface area contributed by atoms with Crippen molar-refractivity contribution in [1.82, 2.24) is 0 Å². The molecule has 0 N–H and O–H groups in total. The zero-order valence-corrected chi connectivity index (χ0v) is 27.2. The fraction of sp³-hybridized carbons (Fsp3) is 1.00. The van der Waals surface area contributed by atoms with Crippen molar-refractivity contribution in [2.24, 2.45) is 0 Å². The van der Waals surface area contributed by atoms with Crippen molar-refractivity contribution < 1.29 is 89.2 Å². The summed E-state index contributed by atoms with van der Waals surface area (Å²) in [6.07, 6.45) is -36.4. The lowest BCUT2D eigenvalue weighted by atomic mass is 10.4. The van der Waals surface area contributed by atoms with E-state index >= 15 is 0 Å². The molecule has 0 rings (SSSR count). The van der Waals surface area contributed by atoms with Crippen molar-refractivity contribution in [2.75, 3.05) is 37.2 Å². The molecule has 0 heterocycles. The second-order valence-electron chi connectivity index (χ2n) is 8.12. The molecule has 0 fully saturated rings. The SMILES string of the molecule is CCSC(CC(OC(F)(F)C(F)(F)F)SC(CC(OCC(F)(F)F)(SC)SCC)OC(F)(F)C(F)(F)F)(OCC(F)(F)F)SC. The van der Waals surface area contributed by atoms with Gasteiger partial charge in [-0.3, -0.25) is 9.47 Å². The highest BCUT2D eigenvalue weighted by Crippen LogP contribution is 2.52. The molecule has 0 amide bonds. The van der Waals surface area contributed by atoms with E-state index in [9.17, 15) is 70.2 Å². The maximum Gasteiger partial charge on any atom is 0.483 e. The Morgan fingerprint density at radius 3 is 1.00 bits per heavy atom. The summed E-state index contributed by atoms with van der Waals surface area (Å²) in [6, 6.07) is 0. The summed E-state index contributed by atoms with van der Waals surface area (Å²) in [4.78, 5) is 0. The van der Waals surface area contributed by atoms with Crippen molar-refractivity contribution >= 4 is 58.8 Å². The summed E-state index contributed by atoms with van der Waals surface area (Å²) < 4.78 is 224. The number of rotatable bonds is 20. The van der Waals surface area contributed by atoms with E-state index in [0.717, 1.165) is 12.5 Å². The molecule has 0 saturated heterocycles. The van der Waals surface area contributed by atoms with Crippen molar-refractivity contribution in [2.45, 2.75) is 83.0 Å². The van der Waals surface area contributed by atoms with Crippen molar-refractivity contribution in [3.8, 4) is 0 Å². The van der Waals surface area contributed by atoms with E-state index in [4.69, 9.17) is 9.47 Å². The number of ether oxygens (including phenoxy) is 4. The fourth-order valence-electron chi connectivity index (χ4n) is 2.82. The highest BCUT2D eigenvalue weighted by Gasteiger charge is 2.63. The summed E-state index contributed by atoms with van der Waals surface area (Å²) in [5.41, 5.74) is -5.85. The highest BCUT2D eigenvalue weighted by molar-refractivity contribution is 8.18. The number of thioether (sulfide) groups is 5. The molecule has 4 unspecified atom stereocenters. The zero-order valence-electron chi connectivity index (χ0n) is 23.1. The van der Waals surface area contributed by atoms with Crippen LogP contribution in [0, 0.1) is 0 Å². The van der Waals surface area contributed by atoms with Gasteiger partial charge in [0.2, 0.25) is 0 Å². The first-order chi connectivity index (χ1) is 20.0. The molecule has 0 aromatic rings. The molecular weight excluding hydrogens is 769 g/mol. The standard InChI is InChI=1S/C20H26F16O4S5/c1-5-43-15(41-3,37-9-13(21,22)23)7-11(39-19(33,34)17(27,28)29)45-12(40-20(35,36)18(30,31)32)8-16(42-4,44-6-2)38-10-14(24,25)26/h11-12H,5-10H2,1-4H3. The predicted molar refractivity (Wildman–Crippen MR) is 141 cm³/mol. The van der Waals surface area contributed by atoms with Crippen LogP contribution in [0.25, 0.3) is 0 Å². The lowest BCUT2D eigenvalue weighted by Gasteiger charge is -2.39. The Hall–Kier alpha value is 0.470. The largest absolute Gasteiger partial charge is 0.483 e. The Labute approximate surface area is 267 Å². The molecular formula is C20H26F16O4S5. The van der Waals surface area contributed by atoms with Gasteiger partial charge in [-0.05, 0) is 24.0 Å². The summed E-state index contributed by atoms with van der Waals surface area (Å²) in [7, 11) is 0. The van der Waals surface area contributed by atoms with Gasteiger partial charge in [-0.1, -0.05) is 25.6 Å². The second kappa shape index (κ2) is 17.4. The molecule has 0 spiro atoms. The Balaban J connectivity index is 7.03. The van der Waals surface area contributed by atoms with Gasteiger partial charge in [0, 0.05) is 12.8 Å². The third kappa shape index (κ3) is 16.2. The summed E-state index contributed by atoms with van der Waals surface area (Å²) >= 11 is 0.742. The van der Waals surface area contributed by atoms with Crippen LogP contribution in [0.4, 0.5) is 70.2 Å². The van der Waals surface area contributed by atoms with Gasteiger partial charge in [-0.2, -0.15) is 70.2 Å². The Kier molecular flexibility index (Phi) is 17.6. The molecule has 0 aromatic carbocycles. The average Bonchev–Trinajstić information content (AvgIpc) is 2.83. The minimum Gasteiger partial charge on any atom is -0.345 e. The summed E-state index contributed by atoms with van der Waals surface area (Å²) in [5.74, 6) is -0.377. The van der Waals surface area contributed by atoms with E-state index in [1.54, 1.807) is 0 Å². The van der Waals surface area contributed by atoms with Crippen molar-refractivity contribution in [1.29, 1.82) is 0 Å². The van der Waals surface area contributed by atoms with E-state index in [-0.39, 0.29) is 11.5 Å². The zero-order chi connectivity index (χ0) is 35.8. The second-order valence-corrected chi connectivity index (χ2v) is 15.1. The van der Waals surface area contributed by atoms with Gasteiger partial charge in [0.25, 0.3) is 0 Å². The Bertz CT molecular complexity index is 806. The minimum absolute atomic E-state index is 0.189. The van der Waals surface area contributed by atoms with Crippen LogP contribution in [0.5, 0.6) is 0 Å². The molecule has 0 saturated carbocycles. The van der Waals surface area contributed by atoms with E-state index in [0.29, 0.717) is 47.0 Å². The first-order valence-electron chi connectivity index (χ1n) is 11.7. The van der Waals surface area contributed by atoms with Crippen LogP contribution in [-0.2, 0) is 18.9 Å². The fourth-order valence-corrected chi connectivity index (χ4v) is 8.94.